The predicted octanol–water partition coefficient (Wildman–Crippen LogP) is 12.3. The van der Waals surface area contributed by atoms with E-state index in [9.17, 15) is 0 Å². The Balaban J connectivity index is 1.06. The van der Waals surface area contributed by atoms with Crippen LogP contribution < -0.4 is 5.32 Å². The van der Waals surface area contributed by atoms with Gasteiger partial charge in [0.25, 0.3) is 0 Å². The molecule has 0 fully saturated rings. The van der Waals surface area contributed by atoms with Gasteiger partial charge in [-0.05, 0) is 28.8 Å². The van der Waals surface area contributed by atoms with Crippen LogP contribution in [0.2, 0.25) is 0 Å². The van der Waals surface area contributed by atoms with Crippen LogP contribution >= 0.6 is 22.7 Å². The van der Waals surface area contributed by atoms with Crippen molar-refractivity contribution in [3.05, 3.63) is 180 Å². The molecule has 9 aromatic rings. The molecule has 5 heteroatoms. The summed E-state index contributed by atoms with van der Waals surface area (Å²) < 4.78 is 5.24. The number of aliphatic imine (C=N–C) groups is 2. The largest absolute Gasteiger partial charge is 0.344 e. The van der Waals surface area contributed by atoms with E-state index in [0.717, 1.165) is 28.4 Å². The first-order valence-electron chi connectivity index (χ1n) is 16.8. The molecule has 7 aromatic carbocycles. The summed E-state index contributed by atoms with van der Waals surface area (Å²) in [5.74, 6) is 1.55. The van der Waals surface area contributed by atoms with Crippen LogP contribution in [0.4, 0.5) is 0 Å². The summed E-state index contributed by atoms with van der Waals surface area (Å²) in [6.45, 7) is 0. The summed E-state index contributed by atoms with van der Waals surface area (Å²) in [7, 11) is 0. The molecule has 1 aliphatic heterocycles. The van der Waals surface area contributed by atoms with Gasteiger partial charge in [0.05, 0.1) is 0 Å². The Morgan fingerprint density at radius 3 is 1.72 bits per heavy atom. The van der Waals surface area contributed by atoms with E-state index in [1.165, 1.54) is 62.6 Å². The number of hydrogen-bond donors (Lipinski definition) is 1. The van der Waals surface area contributed by atoms with Crippen molar-refractivity contribution in [2.45, 2.75) is 6.17 Å². The average molecular weight is 676 g/mol. The Bertz CT molecular complexity index is 2770. The molecular formula is C45H29N3S2. The zero-order chi connectivity index (χ0) is 33.0. The Hall–Kier alpha value is -5.88. The molecule has 10 rings (SSSR count). The standard InChI is InChI=1S/C45H29N3S2/c1-3-11-28(12-4-1)29-21-23-31(24-22-29)44-46-43(30-13-5-2-6-14-30)47-45(48-44)32-25-26-34-36-17-10-19-38(42(36)50-40(34)27-32)37-18-9-16-35-33-15-7-8-20-39(33)49-41(35)37/h1-27,45H,(H,46,47,48). The minimum Gasteiger partial charge on any atom is -0.344 e. The van der Waals surface area contributed by atoms with Gasteiger partial charge in [0, 0.05) is 62.6 Å². The van der Waals surface area contributed by atoms with Crippen LogP contribution in [0.25, 0.3) is 62.6 Å². The monoisotopic (exact) mass is 675 g/mol. The second kappa shape index (κ2) is 11.9. The summed E-state index contributed by atoms with van der Waals surface area (Å²) in [4.78, 5) is 10.2. The molecule has 3 heterocycles. The minimum atomic E-state index is -0.284. The highest BCUT2D eigenvalue weighted by Crippen LogP contribution is 2.45. The molecule has 0 saturated carbocycles. The summed E-state index contributed by atoms with van der Waals surface area (Å²) >= 11 is 3.76. The maximum Gasteiger partial charge on any atom is 0.159 e. The molecule has 1 aliphatic rings. The lowest BCUT2D eigenvalue weighted by Gasteiger charge is -2.24. The van der Waals surface area contributed by atoms with E-state index in [2.05, 4.69) is 145 Å². The van der Waals surface area contributed by atoms with Gasteiger partial charge >= 0.3 is 0 Å². The number of rotatable bonds is 5. The van der Waals surface area contributed by atoms with E-state index >= 15 is 0 Å². The fraction of sp³-hybridized carbons (Fsp3) is 0.0222. The second-order valence-corrected chi connectivity index (χ2v) is 14.7. The van der Waals surface area contributed by atoms with Crippen LogP contribution in [0.15, 0.2) is 174 Å². The smallest absolute Gasteiger partial charge is 0.159 e. The van der Waals surface area contributed by atoms with Gasteiger partial charge in [0.1, 0.15) is 12.0 Å². The van der Waals surface area contributed by atoms with Crippen molar-refractivity contribution in [2.24, 2.45) is 9.98 Å². The quantitative estimate of drug-likeness (QED) is 0.194. The Morgan fingerprint density at radius 2 is 1.00 bits per heavy atom. The highest BCUT2D eigenvalue weighted by Gasteiger charge is 2.22. The van der Waals surface area contributed by atoms with Gasteiger partial charge in [-0.2, -0.15) is 0 Å². The second-order valence-electron chi connectivity index (χ2n) is 12.6. The minimum absolute atomic E-state index is 0.284. The first-order chi connectivity index (χ1) is 24.8. The van der Waals surface area contributed by atoms with E-state index in [-0.39, 0.29) is 6.17 Å². The van der Waals surface area contributed by atoms with Crippen LogP contribution in [-0.4, -0.2) is 11.7 Å². The van der Waals surface area contributed by atoms with Crippen molar-refractivity contribution in [1.29, 1.82) is 0 Å². The summed E-state index contributed by atoms with van der Waals surface area (Å²) in [5, 5.41) is 8.89. The van der Waals surface area contributed by atoms with Gasteiger partial charge in [0.2, 0.25) is 0 Å². The maximum absolute atomic E-state index is 5.17. The lowest BCUT2D eigenvalue weighted by Crippen LogP contribution is -2.33. The molecule has 2 aromatic heterocycles. The molecule has 1 atom stereocenters. The Morgan fingerprint density at radius 1 is 0.440 bits per heavy atom. The number of benzene rings is 7. The molecule has 0 aliphatic carbocycles. The first-order valence-corrected chi connectivity index (χ1v) is 18.4. The summed E-state index contributed by atoms with van der Waals surface area (Å²) in [6.07, 6.45) is -0.284. The fourth-order valence-corrected chi connectivity index (χ4v) is 9.60. The highest BCUT2D eigenvalue weighted by atomic mass is 32.1. The number of hydrogen-bond acceptors (Lipinski definition) is 5. The van der Waals surface area contributed by atoms with Gasteiger partial charge in [-0.15, -0.1) is 22.7 Å². The molecular weight excluding hydrogens is 647 g/mol. The van der Waals surface area contributed by atoms with E-state index in [1.54, 1.807) is 0 Å². The molecule has 3 nitrogen and oxygen atoms in total. The highest BCUT2D eigenvalue weighted by molar-refractivity contribution is 7.27. The Labute approximate surface area is 297 Å². The van der Waals surface area contributed by atoms with Gasteiger partial charge in [-0.3, -0.25) is 0 Å². The lowest BCUT2D eigenvalue weighted by molar-refractivity contribution is 0.675. The normalized spacial score (nSPS) is 14.6. The average Bonchev–Trinajstić information content (AvgIpc) is 3.77. The lowest BCUT2D eigenvalue weighted by atomic mass is 10.00. The zero-order valence-electron chi connectivity index (χ0n) is 26.9. The molecule has 1 unspecified atom stereocenters. The molecule has 1 N–H and O–H groups in total. The number of thiophene rings is 2. The van der Waals surface area contributed by atoms with Crippen molar-refractivity contribution in [2.75, 3.05) is 0 Å². The van der Waals surface area contributed by atoms with E-state index in [1.807, 2.05) is 46.9 Å². The molecule has 50 heavy (non-hydrogen) atoms. The molecule has 0 amide bonds. The van der Waals surface area contributed by atoms with E-state index in [0.29, 0.717) is 0 Å². The van der Waals surface area contributed by atoms with E-state index in [4.69, 9.17) is 9.98 Å². The fourth-order valence-electron chi connectivity index (χ4n) is 7.09. The molecule has 236 valence electrons. The van der Waals surface area contributed by atoms with Crippen molar-refractivity contribution in [1.82, 2.24) is 5.32 Å². The Kier molecular flexibility index (Phi) is 6.93. The van der Waals surface area contributed by atoms with Gasteiger partial charge < -0.3 is 5.32 Å². The molecule has 0 saturated heterocycles. The molecule has 0 spiro atoms. The van der Waals surface area contributed by atoms with Crippen LogP contribution in [-0.2, 0) is 0 Å². The third-order valence-electron chi connectivity index (χ3n) is 9.57. The van der Waals surface area contributed by atoms with Crippen molar-refractivity contribution < 1.29 is 0 Å². The topological polar surface area (TPSA) is 36.8 Å². The zero-order valence-corrected chi connectivity index (χ0v) is 28.5. The van der Waals surface area contributed by atoms with Crippen LogP contribution in [0.5, 0.6) is 0 Å². The summed E-state index contributed by atoms with van der Waals surface area (Å²) in [5.41, 5.74) is 8.10. The number of nitrogens with one attached hydrogen (secondary N) is 1. The van der Waals surface area contributed by atoms with Crippen LogP contribution in [0.3, 0.4) is 0 Å². The van der Waals surface area contributed by atoms with Crippen molar-refractivity contribution >= 4 is 74.7 Å². The van der Waals surface area contributed by atoms with Crippen LogP contribution in [0, 0.1) is 0 Å². The third kappa shape index (κ3) is 4.94. The van der Waals surface area contributed by atoms with Crippen LogP contribution in [0.1, 0.15) is 22.9 Å². The van der Waals surface area contributed by atoms with E-state index < -0.39 is 0 Å². The number of fused-ring (bicyclic) bond motifs is 6. The summed E-state index contributed by atoms with van der Waals surface area (Å²) in [6, 6.07) is 58.4. The SMILES string of the molecule is c1ccc(C2=NC(c3ccc4c(c3)sc3c(-c5cccc6c5sc5ccccc56)cccc34)NC(c3ccc(-c4ccccc4)cc3)=N2)cc1. The van der Waals surface area contributed by atoms with Crippen molar-refractivity contribution in [3.8, 4) is 22.3 Å². The first kappa shape index (κ1) is 29.1. The third-order valence-corrected chi connectivity index (χ3v) is 12.0. The predicted molar refractivity (Wildman–Crippen MR) is 215 cm³/mol. The van der Waals surface area contributed by atoms with Gasteiger partial charge in [-0.25, -0.2) is 9.98 Å². The number of nitrogens with zero attached hydrogens (tertiary/aromatic N) is 2. The van der Waals surface area contributed by atoms with Gasteiger partial charge in [0.15, 0.2) is 5.84 Å². The van der Waals surface area contributed by atoms with Crippen molar-refractivity contribution in [3.63, 3.8) is 0 Å². The number of amidine groups is 2. The molecule has 0 radical (unpaired) electrons. The van der Waals surface area contributed by atoms with Gasteiger partial charge in [-0.1, -0.05) is 152 Å². The maximum atomic E-state index is 5.17. The molecule has 0 bridgehead atoms.